The van der Waals surface area contributed by atoms with Crippen LogP contribution in [0.3, 0.4) is 0 Å². The molecule has 0 bridgehead atoms. The second kappa shape index (κ2) is 3.79. The number of benzene rings is 1. The Morgan fingerprint density at radius 3 is 1.70 bits per heavy atom. The largest absolute Gasteiger partial charge is 0.177 e. The summed E-state index contributed by atoms with van der Waals surface area (Å²) in [5.41, 5.74) is 3.78. The molecule has 1 rings (SSSR count). The SMILES string of the molecule is Cc1[c-]c(C)cc(C)c1.[Co]. The van der Waals surface area contributed by atoms with E-state index < -0.39 is 0 Å². The molecule has 1 aromatic carbocycles. The van der Waals surface area contributed by atoms with Gasteiger partial charge in [0.15, 0.2) is 0 Å². The van der Waals surface area contributed by atoms with Crippen LogP contribution in [0.4, 0.5) is 0 Å². The molecule has 0 fully saturated rings. The maximum Gasteiger partial charge on any atom is 0 e. The molecular formula is C9H11Co-. The first kappa shape index (κ1) is 9.73. The fourth-order valence-electron chi connectivity index (χ4n) is 1.11. The van der Waals surface area contributed by atoms with Gasteiger partial charge in [-0.15, -0.1) is 0 Å². The van der Waals surface area contributed by atoms with Gasteiger partial charge >= 0.3 is 0 Å². The summed E-state index contributed by atoms with van der Waals surface area (Å²) in [4.78, 5) is 0. The van der Waals surface area contributed by atoms with Gasteiger partial charge in [0.1, 0.15) is 0 Å². The number of aryl methyl sites for hydroxylation is 3. The predicted octanol–water partition coefficient (Wildman–Crippen LogP) is 2.41. The van der Waals surface area contributed by atoms with Crippen LogP contribution in [0, 0.1) is 26.8 Å². The van der Waals surface area contributed by atoms with E-state index in [9.17, 15) is 0 Å². The van der Waals surface area contributed by atoms with Crippen molar-refractivity contribution in [2.24, 2.45) is 0 Å². The van der Waals surface area contributed by atoms with E-state index in [1.54, 1.807) is 0 Å². The summed E-state index contributed by atoms with van der Waals surface area (Å²) in [7, 11) is 0. The summed E-state index contributed by atoms with van der Waals surface area (Å²) in [6.07, 6.45) is 0. The maximum atomic E-state index is 3.21. The van der Waals surface area contributed by atoms with Crippen LogP contribution < -0.4 is 0 Å². The second-order valence-electron chi connectivity index (χ2n) is 2.52. The van der Waals surface area contributed by atoms with Crippen LogP contribution in [0.5, 0.6) is 0 Å². The Bertz CT molecular complexity index is 165. The van der Waals surface area contributed by atoms with Crippen LogP contribution in [-0.2, 0) is 16.8 Å². The van der Waals surface area contributed by atoms with E-state index >= 15 is 0 Å². The molecule has 0 saturated heterocycles. The Labute approximate surface area is 72.8 Å². The van der Waals surface area contributed by atoms with Crippen molar-refractivity contribution in [2.45, 2.75) is 20.8 Å². The van der Waals surface area contributed by atoms with Gasteiger partial charge in [-0.05, 0) is 0 Å². The standard InChI is InChI=1S/C9H11.Co/c1-7-4-8(2)6-9(3)5-7;/h4-5H,1-3H3;/q-1;. The first-order chi connectivity index (χ1) is 4.18. The van der Waals surface area contributed by atoms with Gasteiger partial charge in [-0.1, -0.05) is 20.8 Å². The van der Waals surface area contributed by atoms with Crippen LogP contribution in [0.1, 0.15) is 16.7 Å². The van der Waals surface area contributed by atoms with Crippen LogP contribution in [0.25, 0.3) is 0 Å². The van der Waals surface area contributed by atoms with Crippen LogP contribution in [-0.4, -0.2) is 0 Å². The van der Waals surface area contributed by atoms with Crippen molar-refractivity contribution in [3.8, 4) is 0 Å². The monoisotopic (exact) mass is 178 g/mol. The first-order valence-electron chi connectivity index (χ1n) is 3.15. The summed E-state index contributed by atoms with van der Waals surface area (Å²) in [6.45, 7) is 6.24. The van der Waals surface area contributed by atoms with E-state index in [4.69, 9.17) is 0 Å². The van der Waals surface area contributed by atoms with Crippen molar-refractivity contribution in [3.05, 3.63) is 34.9 Å². The average molecular weight is 178 g/mol. The third-order valence-corrected chi connectivity index (χ3v) is 1.28. The van der Waals surface area contributed by atoms with E-state index in [-0.39, 0.29) is 16.8 Å². The average Bonchev–Trinajstić information content (AvgIpc) is 1.59. The predicted molar refractivity (Wildman–Crippen MR) is 39.5 cm³/mol. The zero-order chi connectivity index (χ0) is 6.85. The fraction of sp³-hybridized carbons (Fsp3) is 0.333. The molecule has 1 aromatic rings. The van der Waals surface area contributed by atoms with Gasteiger partial charge in [-0.25, -0.2) is 0 Å². The molecule has 0 atom stereocenters. The van der Waals surface area contributed by atoms with E-state index in [0.29, 0.717) is 0 Å². The smallest absolute Gasteiger partial charge is 0 e. The Balaban J connectivity index is 0.000000810. The van der Waals surface area contributed by atoms with Gasteiger partial charge in [0.25, 0.3) is 0 Å². The molecule has 57 valence electrons. The Kier molecular flexibility index (Phi) is 3.68. The summed E-state index contributed by atoms with van der Waals surface area (Å²) in [5.74, 6) is 0. The maximum absolute atomic E-state index is 3.21. The molecule has 0 aliphatic carbocycles. The van der Waals surface area contributed by atoms with Gasteiger partial charge in [0, 0.05) is 16.8 Å². The Morgan fingerprint density at radius 2 is 1.40 bits per heavy atom. The molecule has 0 saturated carbocycles. The van der Waals surface area contributed by atoms with Crippen molar-refractivity contribution < 1.29 is 16.8 Å². The van der Waals surface area contributed by atoms with Gasteiger partial charge in [-0.2, -0.15) is 34.9 Å². The summed E-state index contributed by atoms with van der Waals surface area (Å²) < 4.78 is 0. The van der Waals surface area contributed by atoms with Crippen molar-refractivity contribution >= 4 is 0 Å². The summed E-state index contributed by atoms with van der Waals surface area (Å²) in [6, 6.07) is 7.47. The molecule has 0 heterocycles. The third-order valence-electron chi connectivity index (χ3n) is 1.28. The summed E-state index contributed by atoms with van der Waals surface area (Å²) in [5, 5.41) is 0. The number of hydrogen-bond acceptors (Lipinski definition) is 0. The fourth-order valence-corrected chi connectivity index (χ4v) is 1.11. The van der Waals surface area contributed by atoms with E-state index in [2.05, 4.69) is 39.0 Å². The minimum atomic E-state index is 0. The van der Waals surface area contributed by atoms with Crippen LogP contribution >= 0.6 is 0 Å². The normalized spacial score (nSPS) is 8.70. The molecule has 0 aliphatic rings. The van der Waals surface area contributed by atoms with Crippen molar-refractivity contribution in [1.29, 1.82) is 0 Å². The second-order valence-corrected chi connectivity index (χ2v) is 2.52. The molecule has 10 heavy (non-hydrogen) atoms. The third kappa shape index (κ3) is 2.54. The molecule has 1 heteroatoms. The van der Waals surface area contributed by atoms with Gasteiger partial charge in [0.2, 0.25) is 0 Å². The molecule has 0 spiro atoms. The van der Waals surface area contributed by atoms with Crippen molar-refractivity contribution in [1.82, 2.24) is 0 Å². The Hall–Kier alpha value is -0.274. The molecule has 0 aliphatic heterocycles. The van der Waals surface area contributed by atoms with Crippen molar-refractivity contribution in [3.63, 3.8) is 0 Å². The zero-order valence-corrected chi connectivity index (χ0v) is 7.53. The quantitative estimate of drug-likeness (QED) is 0.535. The Morgan fingerprint density at radius 1 is 1.00 bits per heavy atom. The number of hydrogen-bond donors (Lipinski definition) is 0. The molecule has 0 amide bonds. The van der Waals surface area contributed by atoms with E-state index in [1.165, 1.54) is 16.7 Å². The summed E-state index contributed by atoms with van der Waals surface area (Å²) >= 11 is 0. The molecule has 0 unspecified atom stereocenters. The van der Waals surface area contributed by atoms with E-state index in [0.717, 1.165) is 0 Å². The van der Waals surface area contributed by atoms with E-state index in [1.807, 2.05) is 0 Å². The molecule has 1 radical (unpaired) electrons. The minimum Gasteiger partial charge on any atom is -0.177 e. The molecule has 0 N–H and O–H groups in total. The minimum absolute atomic E-state index is 0. The van der Waals surface area contributed by atoms with Crippen LogP contribution in [0.15, 0.2) is 12.1 Å². The zero-order valence-electron chi connectivity index (χ0n) is 6.49. The topological polar surface area (TPSA) is 0 Å². The van der Waals surface area contributed by atoms with Gasteiger partial charge in [-0.3, -0.25) is 0 Å². The molecular weight excluding hydrogens is 167 g/mol. The molecule has 0 aromatic heterocycles. The van der Waals surface area contributed by atoms with Crippen LogP contribution in [0.2, 0.25) is 0 Å². The molecule has 0 nitrogen and oxygen atoms in total. The number of rotatable bonds is 0. The first-order valence-corrected chi connectivity index (χ1v) is 3.15. The van der Waals surface area contributed by atoms with Crippen molar-refractivity contribution in [2.75, 3.05) is 0 Å². The van der Waals surface area contributed by atoms with Gasteiger partial charge < -0.3 is 0 Å². The van der Waals surface area contributed by atoms with Gasteiger partial charge in [0.05, 0.1) is 0 Å².